The Morgan fingerprint density at radius 2 is 2.36 bits per heavy atom. The molecular formula is C10H12ClN3. The number of aromatic nitrogens is 2. The maximum Gasteiger partial charge on any atom is 0.0938 e. The Hall–Kier alpha value is -1.06. The van der Waals surface area contributed by atoms with E-state index in [1.807, 2.05) is 25.1 Å². The fraction of sp³-hybridized carbons (Fsp3) is 0.300. The van der Waals surface area contributed by atoms with E-state index >= 15 is 0 Å². The lowest BCUT2D eigenvalue weighted by atomic mass is 10.1. The molecule has 1 aromatic carbocycles. The number of benzene rings is 1. The SMILES string of the molecule is CC(N)Cc1[nH]nc2cccc(Cl)c12. The number of nitrogens with one attached hydrogen (secondary N) is 1. The lowest BCUT2D eigenvalue weighted by Gasteiger charge is -2.02. The zero-order valence-corrected chi connectivity index (χ0v) is 8.67. The first kappa shape index (κ1) is 9.49. The zero-order chi connectivity index (χ0) is 10.1. The molecule has 0 aliphatic heterocycles. The molecule has 14 heavy (non-hydrogen) atoms. The molecule has 2 aromatic rings. The quantitative estimate of drug-likeness (QED) is 0.796. The van der Waals surface area contributed by atoms with Crippen molar-refractivity contribution >= 4 is 22.5 Å². The summed E-state index contributed by atoms with van der Waals surface area (Å²) in [5.41, 5.74) is 7.64. The summed E-state index contributed by atoms with van der Waals surface area (Å²) < 4.78 is 0. The molecule has 0 radical (unpaired) electrons. The number of aromatic amines is 1. The zero-order valence-electron chi connectivity index (χ0n) is 7.92. The third-order valence-corrected chi connectivity index (χ3v) is 2.45. The van der Waals surface area contributed by atoms with Crippen LogP contribution >= 0.6 is 11.6 Å². The third kappa shape index (κ3) is 1.61. The van der Waals surface area contributed by atoms with E-state index in [2.05, 4.69) is 10.2 Å². The van der Waals surface area contributed by atoms with Crippen molar-refractivity contribution in [3.05, 3.63) is 28.9 Å². The summed E-state index contributed by atoms with van der Waals surface area (Å²) in [7, 11) is 0. The Kier molecular flexibility index (Phi) is 2.44. The van der Waals surface area contributed by atoms with Crippen LogP contribution in [0.5, 0.6) is 0 Å². The van der Waals surface area contributed by atoms with Crippen LogP contribution in [-0.2, 0) is 6.42 Å². The molecule has 1 atom stereocenters. The van der Waals surface area contributed by atoms with E-state index in [0.717, 1.165) is 28.0 Å². The number of nitrogens with two attached hydrogens (primary N) is 1. The van der Waals surface area contributed by atoms with Gasteiger partial charge in [-0.1, -0.05) is 17.7 Å². The summed E-state index contributed by atoms with van der Waals surface area (Å²) in [4.78, 5) is 0. The van der Waals surface area contributed by atoms with Crippen molar-refractivity contribution in [2.75, 3.05) is 0 Å². The first-order valence-corrected chi connectivity index (χ1v) is 4.93. The van der Waals surface area contributed by atoms with E-state index < -0.39 is 0 Å². The topological polar surface area (TPSA) is 54.7 Å². The minimum Gasteiger partial charge on any atom is -0.328 e. The molecule has 3 nitrogen and oxygen atoms in total. The molecule has 4 heteroatoms. The third-order valence-electron chi connectivity index (χ3n) is 2.13. The normalized spacial score (nSPS) is 13.4. The van der Waals surface area contributed by atoms with Gasteiger partial charge >= 0.3 is 0 Å². The van der Waals surface area contributed by atoms with Gasteiger partial charge in [0.1, 0.15) is 0 Å². The van der Waals surface area contributed by atoms with Gasteiger partial charge in [0.2, 0.25) is 0 Å². The van der Waals surface area contributed by atoms with E-state index in [4.69, 9.17) is 17.3 Å². The average Bonchev–Trinajstić information content (AvgIpc) is 2.49. The van der Waals surface area contributed by atoms with E-state index in [-0.39, 0.29) is 6.04 Å². The molecule has 0 bridgehead atoms. The second-order valence-corrected chi connectivity index (χ2v) is 3.92. The van der Waals surface area contributed by atoms with Gasteiger partial charge in [-0.25, -0.2) is 0 Å². The van der Waals surface area contributed by atoms with Gasteiger partial charge in [0.05, 0.1) is 10.5 Å². The molecule has 2 rings (SSSR count). The van der Waals surface area contributed by atoms with Gasteiger partial charge in [-0.05, 0) is 19.1 Å². The molecule has 1 heterocycles. The van der Waals surface area contributed by atoms with Crippen LogP contribution in [0.4, 0.5) is 0 Å². The van der Waals surface area contributed by atoms with Gasteiger partial charge < -0.3 is 5.73 Å². The Bertz CT molecular complexity index is 448. The molecule has 0 saturated heterocycles. The highest BCUT2D eigenvalue weighted by Gasteiger charge is 2.09. The van der Waals surface area contributed by atoms with Crippen molar-refractivity contribution in [1.29, 1.82) is 0 Å². The Balaban J connectivity index is 2.55. The minimum atomic E-state index is 0.106. The van der Waals surface area contributed by atoms with Crippen LogP contribution in [0.2, 0.25) is 5.02 Å². The minimum absolute atomic E-state index is 0.106. The first-order valence-electron chi connectivity index (χ1n) is 4.55. The summed E-state index contributed by atoms with van der Waals surface area (Å²) in [6.07, 6.45) is 0.764. The van der Waals surface area contributed by atoms with Crippen molar-refractivity contribution in [1.82, 2.24) is 10.2 Å². The monoisotopic (exact) mass is 209 g/mol. The van der Waals surface area contributed by atoms with Crippen molar-refractivity contribution in [3.8, 4) is 0 Å². The number of hydrogen-bond donors (Lipinski definition) is 2. The van der Waals surface area contributed by atoms with Crippen LogP contribution in [0.3, 0.4) is 0 Å². The van der Waals surface area contributed by atoms with Crippen molar-refractivity contribution in [2.45, 2.75) is 19.4 Å². The van der Waals surface area contributed by atoms with Gasteiger partial charge in [-0.15, -0.1) is 0 Å². The van der Waals surface area contributed by atoms with Gasteiger partial charge in [-0.3, -0.25) is 5.10 Å². The predicted octanol–water partition coefficient (Wildman–Crippen LogP) is 2.11. The summed E-state index contributed by atoms with van der Waals surface area (Å²) >= 11 is 6.09. The molecule has 0 aliphatic rings. The molecule has 0 saturated carbocycles. The number of hydrogen-bond acceptors (Lipinski definition) is 2. The second-order valence-electron chi connectivity index (χ2n) is 3.52. The molecule has 1 aromatic heterocycles. The highest BCUT2D eigenvalue weighted by atomic mass is 35.5. The largest absolute Gasteiger partial charge is 0.328 e. The van der Waals surface area contributed by atoms with Crippen LogP contribution in [0.1, 0.15) is 12.6 Å². The number of nitrogens with zero attached hydrogens (tertiary/aromatic N) is 1. The Morgan fingerprint density at radius 1 is 1.57 bits per heavy atom. The van der Waals surface area contributed by atoms with Crippen LogP contribution in [0.15, 0.2) is 18.2 Å². The van der Waals surface area contributed by atoms with Crippen LogP contribution in [-0.4, -0.2) is 16.2 Å². The average molecular weight is 210 g/mol. The lowest BCUT2D eigenvalue weighted by molar-refractivity contribution is 0.722. The standard InChI is InChI=1S/C10H12ClN3/c1-6(12)5-9-10-7(11)3-2-4-8(10)13-14-9/h2-4,6H,5,12H2,1H3,(H,13,14). The number of halogens is 1. The highest BCUT2D eigenvalue weighted by Crippen LogP contribution is 2.25. The van der Waals surface area contributed by atoms with E-state index in [0.29, 0.717) is 0 Å². The summed E-state index contributed by atoms with van der Waals surface area (Å²) in [5.74, 6) is 0. The first-order chi connectivity index (χ1) is 6.68. The summed E-state index contributed by atoms with van der Waals surface area (Å²) in [6, 6.07) is 5.79. The van der Waals surface area contributed by atoms with Gasteiger partial charge in [0, 0.05) is 23.5 Å². The van der Waals surface area contributed by atoms with Crippen LogP contribution < -0.4 is 5.73 Å². The van der Waals surface area contributed by atoms with Crippen molar-refractivity contribution in [3.63, 3.8) is 0 Å². The summed E-state index contributed by atoms with van der Waals surface area (Å²) in [5, 5.41) is 8.86. The fourth-order valence-corrected chi connectivity index (χ4v) is 1.84. The molecule has 0 fully saturated rings. The van der Waals surface area contributed by atoms with Crippen LogP contribution in [0.25, 0.3) is 10.9 Å². The number of fused-ring (bicyclic) bond motifs is 1. The van der Waals surface area contributed by atoms with Gasteiger partial charge in [0.15, 0.2) is 0 Å². The molecule has 3 N–H and O–H groups in total. The molecule has 0 aliphatic carbocycles. The smallest absolute Gasteiger partial charge is 0.0938 e. The molecule has 0 spiro atoms. The van der Waals surface area contributed by atoms with Crippen molar-refractivity contribution < 1.29 is 0 Å². The Labute approximate surface area is 87.2 Å². The molecule has 74 valence electrons. The molecular weight excluding hydrogens is 198 g/mol. The van der Waals surface area contributed by atoms with E-state index in [1.165, 1.54) is 0 Å². The second kappa shape index (κ2) is 3.59. The lowest BCUT2D eigenvalue weighted by Crippen LogP contribution is -2.18. The maximum atomic E-state index is 6.09. The molecule has 1 unspecified atom stereocenters. The van der Waals surface area contributed by atoms with Crippen LogP contribution in [0, 0.1) is 0 Å². The summed E-state index contributed by atoms with van der Waals surface area (Å²) in [6.45, 7) is 1.96. The predicted molar refractivity (Wildman–Crippen MR) is 58.5 cm³/mol. The van der Waals surface area contributed by atoms with E-state index in [9.17, 15) is 0 Å². The van der Waals surface area contributed by atoms with Crippen molar-refractivity contribution in [2.24, 2.45) is 5.73 Å². The van der Waals surface area contributed by atoms with E-state index in [1.54, 1.807) is 0 Å². The molecule has 0 amide bonds. The maximum absolute atomic E-state index is 6.09. The highest BCUT2D eigenvalue weighted by molar-refractivity contribution is 6.35. The van der Waals surface area contributed by atoms with Gasteiger partial charge in [0.25, 0.3) is 0 Å². The van der Waals surface area contributed by atoms with Gasteiger partial charge in [-0.2, -0.15) is 5.10 Å². The Morgan fingerprint density at radius 3 is 3.07 bits per heavy atom. The fourth-order valence-electron chi connectivity index (χ4n) is 1.56. The number of H-pyrrole nitrogens is 1. The number of rotatable bonds is 2.